The molecule has 1 aromatic carbocycles. The molecule has 2 aromatic heterocycles. The van der Waals surface area contributed by atoms with Gasteiger partial charge in [0.05, 0.1) is 11.2 Å². The smallest absolute Gasteiger partial charge is 0.153 e. The zero-order chi connectivity index (χ0) is 17.4. The van der Waals surface area contributed by atoms with Gasteiger partial charge in [-0.3, -0.25) is 0 Å². The molecule has 3 aromatic rings. The first kappa shape index (κ1) is 15.9. The number of halogens is 1. The minimum atomic E-state index is -0.279. The molecule has 0 aliphatic carbocycles. The van der Waals surface area contributed by atoms with Gasteiger partial charge in [0.1, 0.15) is 17.7 Å². The van der Waals surface area contributed by atoms with Crippen LogP contribution in [0.1, 0.15) is 5.56 Å². The highest BCUT2D eigenvalue weighted by molar-refractivity contribution is 5.85. The number of pyridine rings is 1. The highest BCUT2D eigenvalue weighted by Crippen LogP contribution is 2.24. The number of fused-ring (bicyclic) bond motifs is 1. The van der Waals surface area contributed by atoms with Crippen LogP contribution in [-0.2, 0) is 6.54 Å². The molecular weight excluding hydrogens is 319 g/mol. The average Bonchev–Trinajstić information content (AvgIpc) is 2.57. The Morgan fingerprint density at radius 1 is 1.24 bits per heavy atom. The summed E-state index contributed by atoms with van der Waals surface area (Å²) in [6.07, 6.45) is 1.41. The molecule has 3 heterocycles. The Morgan fingerprint density at radius 2 is 2.08 bits per heavy atom. The number of likely N-dealkylation sites (tertiary alicyclic amines) is 1. The number of benzene rings is 1. The van der Waals surface area contributed by atoms with Crippen LogP contribution in [0, 0.1) is 5.82 Å². The monoisotopic (exact) mass is 338 g/mol. The van der Waals surface area contributed by atoms with Gasteiger partial charge < -0.3 is 16.0 Å². The second kappa shape index (κ2) is 6.34. The maximum absolute atomic E-state index is 14.1. The Hall–Kier alpha value is -2.64. The number of nitrogens with zero attached hydrogens (tertiary/aromatic N) is 4. The Morgan fingerprint density at radius 3 is 2.88 bits per heavy atom. The van der Waals surface area contributed by atoms with E-state index in [0.29, 0.717) is 40.7 Å². The van der Waals surface area contributed by atoms with Crippen molar-refractivity contribution < 1.29 is 4.39 Å². The van der Waals surface area contributed by atoms with E-state index in [4.69, 9.17) is 5.73 Å². The predicted octanol–water partition coefficient (Wildman–Crippen LogP) is 1.82. The maximum atomic E-state index is 14.1. The summed E-state index contributed by atoms with van der Waals surface area (Å²) < 4.78 is 14.1. The summed E-state index contributed by atoms with van der Waals surface area (Å²) in [6, 6.07) is 9.09. The lowest BCUT2D eigenvalue weighted by atomic mass is 10.1. The lowest BCUT2D eigenvalue weighted by Crippen LogP contribution is -2.55. The number of nitrogen functional groups attached to an aromatic ring is 1. The number of rotatable bonds is 4. The Labute approximate surface area is 144 Å². The SMILES string of the molecule is CN1CC(NCc2cc(F)cc(-c3ccc4ncnc(N)c4n3)c2)C1. The topological polar surface area (TPSA) is 80.0 Å². The van der Waals surface area contributed by atoms with Crippen LogP contribution >= 0.6 is 0 Å². The highest BCUT2D eigenvalue weighted by Gasteiger charge is 2.22. The molecule has 128 valence electrons. The molecule has 1 aliphatic rings. The largest absolute Gasteiger partial charge is 0.382 e. The van der Waals surface area contributed by atoms with Crippen molar-refractivity contribution in [3.63, 3.8) is 0 Å². The van der Waals surface area contributed by atoms with E-state index in [9.17, 15) is 4.39 Å². The van der Waals surface area contributed by atoms with E-state index in [2.05, 4.69) is 32.2 Å². The van der Waals surface area contributed by atoms with Crippen molar-refractivity contribution in [3.05, 3.63) is 48.0 Å². The minimum Gasteiger partial charge on any atom is -0.382 e. The summed E-state index contributed by atoms with van der Waals surface area (Å²) >= 11 is 0. The summed E-state index contributed by atoms with van der Waals surface area (Å²) in [5.74, 6) is 0.0402. The summed E-state index contributed by atoms with van der Waals surface area (Å²) in [5, 5.41) is 3.44. The third-order valence-corrected chi connectivity index (χ3v) is 4.42. The number of anilines is 1. The van der Waals surface area contributed by atoms with Gasteiger partial charge in [-0.05, 0) is 42.9 Å². The van der Waals surface area contributed by atoms with E-state index in [1.807, 2.05) is 18.2 Å². The number of likely N-dealkylation sites (N-methyl/N-ethyl adjacent to an activating group) is 1. The number of hydrogen-bond acceptors (Lipinski definition) is 6. The third-order valence-electron chi connectivity index (χ3n) is 4.42. The molecule has 0 bridgehead atoms. The quantitative estimate of drug-likeness (QED) is 0.755. The van der Waals surface area contributed by atoms with E-state index in [1.54, 1.807) is 6.07 Å². The molecule has 0 radical (unpaired) electrons. The van der Waals surface area contributed by atoms with Gasteiger partial charge in [0.15, 0.2) is 5.82 Å². The van der Waals surface area contributed by atoms with Crippen LogP contribution < -0.4 is 11.1 Å². The van der Waals surface area contributed by atoms with Gasteiger partial charge in [-0.2, -0.15) is 0 Å². The van der Waals surface area contributed by atoms with Crippen molar-refractivity contribution in [2.24, 2.45) is 0 Å². The van der Waals surface area contributed by atoms with Crippen LogP contribution in [0.15, 0.2) is 36.7 Å². The third kappa shape index (κ3) is 3.29. The zero-order valence-electron chi connectivity index (χ0n) is 13.9. The highest BCUT2D eigenvalue weighted by atomic mass is 19.1. The maximum Gasteiger partial charge on any atom is 0.153 e. The van der Waals surface area contributed by atoms with E-state index in [-0.39, 0.29) is 5.82 Å². The standard InChI is InChI=1S/C18H19FN6/c1-25-8-14(9-25)21-7-11-4-12(6-13(19)5-11)15-2-3-16-17(24-15)18(20)23-10-22-16/h2-6,10,14,21H,7-9H2,1H3,(H2,20,22,23). The molecule has 25 heavy (non-hydrogen) atoms. The molecule has 0 spiro atoms. The van der Waals surface area contributed by atoms with Gasteiger partial charge in [0.2, 0.25) is 0 Å². The van der Waals surface area contributed by atoms with Crippen LogP contribution in [0.3, 0.4) is 0 Å². The van der Waals surface area contributed by atoms with E-state index in [0.717, 1.165) is 18.7 Å². The lowest BCUT2D eigenvalue weighted by molar-refractivity contribution is 0.161. The van der Waals surface area contributed by atoms with Gasteiger partial charge in [0.25, 0.3) is 0 Å². The first-order chi connectivity index (χ1) is 12.1. The second-order valence-electron chi connectivity index (χ2n) is 6.47. The molecule has 1 saturated heterocycles. The fourth-order valence-corrected chi connectivity index (χ4v) is 3.11. The number of nitrogens with two attached hydrogens (primary N) is 1. The van der Waals surface area contributed by atoms with Crippen LogP contribution in [0.25, 0.3) is 22.3 Å². The molecule has 7 heteroatoms. The van der Waals surface area contributed by atoms with Crippen molar-refractivity contribution in [1.82, 2.24) is 25.2 Å². The summed E-state index contributed by atoms with van der Waals surface area (Å²) in [4.78, 5) is 14.9. The summed E-state index contributed by atoms with van der Waals surface area (Å²) in [6.45, 7) is 2.67. The van der Waals surface area contributed by atoms with Crippen molar-refractivity contribution in [2.45, 2.75) is 12.6 Å². The molecule has 1 aliphatic heterocycles. The molecule has 3 N–H and O–H groups in total. The fourth-order valence-electron chi connectivity index (χ4n) is 3.11. The Balaban J connectivity index is 1.62. The molecule has 0 amide bonds. The zero-order valence-corrected chi connectivity index (χ0v) is 13.9. The molecular formula is C18H19FN6. The number of hydrogen-bond donors (Lipinski definition) is 2. The fraction of sp³-hybridized carbons (Fsp3) is 0.278. The van der Waals surface area contributed by atoms with Crippen molar-refractivity contribution in [2.75, 3.05) is 25.9 Å². The first-order valence-corrected chi connectivity index (χ1v) is 8.17. The van der Waals surface area contributed by atoms with E-state index in [1.165, 1.54) is 12.4 Å². The van der Waals surface area contributed by atoms with Crippen LogP contribution in [0.4, 0.5) is 10.2 Å². The van der Waals surface area contributed by atoms with Gasteiger partial charge in [-0.1, -0.05) is 0 Å². The van der Waals surface area contributed by atoms with Crippen molar-refractivity contribution >= 4 is 16.9 Å². The predicted molar refractivity (Wildman–Crippen MR) is 95.3 cm³/mol. The van der Waals surface area contributed by atoms with Crippen LogP contribution in [-0.4, -0.2) is 46.0 Å². The lowest BCUT2D eigenvalue weighted by Gasteiger charge is -2.36. The van der Waals surface area contributed by atoms with Gasteiger partial charge >= 0.3 is 0 Å². The molecule has 6 nitrogen and oxygen atoms in total. The first-order valence-electron chi connectivity index (χ1n) is 8.17. The number of nitrogens with one attached hydrogen (secondary N) is 1. The molecule has 0 unspecified atom stereocenters. The van der Waals surface area contributed by atoms with Gasteiger partial charge in [-0.15, -0.1) is 0 Å². The molecule has 4 rings (SSSR count). The van der Waals surface area contributed by atoms with E-state index >= 15 is 0 Å². The molecule has 0 atom stereocenters. The van der Waals surface area contributed by atoms with Gasteiger partial charge in [-0.25, -0.2) is 19.3 Å². The van der Waals surface area contributed by atoms with Crippen LogP contribution in [0.5, 0.6) is 0 Å². The molecule has 1 fully saturated rings. The average molecular weight is 338 g/mol. The van der Waals surface area contributed by atoms with E-state index < -0.39 is 0 Å². The minimum absolute atomic E-state index is 0.279. The summed E-state index contributed by atoms with van der Waals surface area (Å²) in [7, 11) is 2.08. The Bertz CT molecular complexity index is 923. The summed E-state index contributed by atoms with van der Waals surface area (Å²) in [5.41, 5.74) is 9.33. The van der Waals surface area contributed by atoms with Crippen molar-refractivity contribution in [3.8, 4) is 11.3 Å². The Kier molecular flexibility index (Phi) is 4.03. The number of aromatic nitrogens is 3. The molecule has 0 saturated carbocycles. The van der Waals surface area contributed by atoms with Crippen LogP contribution in [0.2, 0.25) is 0 Å². The van der Waals surface area contributed by atoms with Crippen molar-refractivity contribution in [1.29, 1.82) is 0 Å². The normalized spacial score (nSPS) is 15.4. The second-order valence-corrected chi connectivity index (χ2v) is 6.47. The van der Waals surface area contributed by atoms with Gasteiger partial charge in [0, 0.05) is 31.2 Å².